The highest BCUT2D eigenvalue weighted by atomic mass is 16.5. The lowest BCUT2D eigenvalue weighted by atomic mass is 10.1. The van der Waals surface area contributed by atoms with E-state index < -0.39 is 0 Å². The first-order chi connectivity index (χ1) is 10.7. The van der Waals surface area contributed by atoms with Crippen LogP contribution >= 0.6 is 0 Å². The van der Waals surface area contributed by atoms with E-state index in [0.29, 0.717) is 23.0 Å². The highest BCUT2D eigenvalue weighted by Gasteiger charge is 2.09. The summed E-state index contributed by atoms with van der Waals surface area (Å²) in [5.41, 5.74) is 1.52. The van der Waals surface area contributed by atoms with Gasteiger partial charge in [0.05, 0.1) is 0 Å². The molecule has 0 unspecified atom stereocenters. The van der Waals surface area contributed by atoms with Crippen molar-refractivity contribution in [2.45, 2.75) is 13.5 Å². The van der Waals surface area contributed by atoms with Crippen molar-refractivity contribution in [3.8, 4) is 17.2 Å². The molecule has 0 amide bonds. The second kappa shape index (κ2) is 6.22. The maximum atomic E-state index is 11.2. The zero-order valence-corrected chi connectivity index (χ0v) is 12.0. The second-order valence-corrected chi connectivity index (χ2v) is 4.75. The minimum Gasteiger partial charge on any atom is -0.485 e. The van der Waals surface area contributed by atoms with Crippen LogP contribution in [0.4, 0.5) is 0 Å². The molecule has 1 heterocycles. The molecule has 5 heteroatoms. The summed E-state index contributed by atoms with van der Waals surface area (Å²) in [6, 6.07) is 16.5. The molecule has 1 aromatic heterocycles. The summed E-state index contributed by atoms with van der Waals surface area (Å²) in [4.78, 5) is 15.5. The Kier molecular flexibility index (Phi) is 3.96. The van der Waals surface area contributed by atoms with Crippen LogP contribution in [0.1, 0.15) is 23.1 Å². The predicted octanol–water partition coefficient (Wildman–Crippen LogP) is 3.52. The third kappa shape index (κ3) is 3.20. The van der Waals surface area contributed by atoms with Crippen molar-refractivity contribution in [1.29, 1.82) is 0 Å². The van der Waals surface area contributed by atoms with Gasteiger partial charge in [-0.3, -0.25) is 4.79 Å². The van der Waals surface area contributed by atoms with Crippen LogP contribution in [0.3, 0.4) is 0 Å². The maximum absolute atomic E-state index is 11.2. The first-order valence-corrected chi connectivity index (χ1v) is 6.84. The van der Waals surface area contributed by atoms with Crippen molar-refractivity contribution in [3.63, 3.8) is 0 Å². The molecule has 22 heavy (non-hydrogen) atoms. The zero-order valence-electron chi connectivity index (χ0n) is 12.0. The maximum Gasteiger partial charge on any atom is 0.258 e. The number of Topliss-reactive ketones (excluding diaryl/α,β-unsaturated/α-hetero) is 1. The normalized spacial score (nSPS) is 10.4. The molecule has 0 fully saturated rings. The number of nitrogens with zero attached hydrogens (tertiary/aromatic N) is 2. The monoisotopic (exact) mass is 294 g/mol. The van der Waals surface area contributed by atoms with Gasteiger partial charge in [-0.15, -0.1) is 0 Å². The molecule has 0 saturated carbocycles. The average Bonchev–Trinajstić information content (AvgIpc) is 3.03. The second-order valence-electron chi connectivity index (χ2n) is 4.75. The minimum atomic E-state index is 0.0252. The Morgan fingerprint density at radius 1 is 1.09 bits per heavy atom. The van der Waals surface area contributed by atoms with Crippen LogP contribution in [0.15, 0.2) is 59.1 Å². The summed E-state index contributed by atoms with van der Waals surface area (Å²) in [5.74, 6) is 1.61. The van der Waals surface area contributed by atoms with Crippen LogP contribution in [0, 0.1) is 0 Å². The summed E-state index contributed by atoms with van der Waals surface area (Å²) < 4.78 is 10.8. The van der Waals surface area contributed by atoms with Crippen LogP contribution in [0.2, 0.25) is 0 Å². The van der Waals surface area contributed by atoms with Gasteiger partial charge in [0, 0.05) is 11.1 Å². The number of rotatable bonds is 5. The van der Waals surface area contributed by atoms with Crippen molar-refractivity contribution >= 4 is 5.78 Å². The summed E-state index contributed by atoms with van der Waals surface area (Å²) in [5, 5.41) is 3.89. The molecule has 0 radical (unpaired) electrons. The van der Waals surface area contributed by atoms with E-state index in [1.54, 1.807) is 24.3 Å². The third-order valence-electron chi connectivity index (χ3n) is 3.12. The minimum absolute atomic E-state index is 0.0252. The van der Waals surface area contributed by atoms with E-state index in [-0.39, 0.29) is 12.4 Å². The molecule has 0 aliphatic carbocycles. The zero-order chi connectivity index (χ0) is 15.4. The number of benzene rings is 2. The topological polar surface area (TPSA) is 65.2 Å². The number of carbonyl (C=O) groups excluding carboxylic acids is 1. The molecule has 0 atom stereocenters. The smallest absolute Gasteiger partial charge is 0.258 e. The van der Waals surface area contributed by atoms with E-state index in [9.17, 15) is 4.79 Å². The van der Waals surface area contributed by atoms with Crippen molar-refractivity contribution < 1.29 is 14.1 Å². The van der Waals surface area contributed by atoms with Crippen molar-refractivity contribution in [3.05, 3.63) is 66.0 Å². The lowest BCUT2D eigenvalue weighted by Gasteiger charge is -2.03. The molecule has 5 nitrogen and oxygen atoms in total. The van der Waals surface area contributed by atoms with Crippen LogP contribution < -0.4 is 4.74 Å². The Labute approximate surface area is 127 Å². The van der Waals surface area contributed by atoms with Crippen LogP contribution in [0.5, 0.6) is 5.75 Å². The van der Waals surface area contributed by atoms with Crippen molar-refractivity contribution in [2.75, 3.05) is 0 Å². The van der Waals surface area contributed by atoms with E-state index in [2.05, 4.69) is 10.1 Å². The quantitative estimate of drug-likeness (QED) is 0.674. The van der Waals surface area contributed by atoms with Crippen molar-refractivity contribution in [1.82, 2.24) is 10.1 Å². The van der Waals surface area contributed by atoms with Gasteiger partial charge < -0.3 is 9.26 Å². The van der Waals surface area contributed by atoms with Gasteiger partial charge in [0.25, 0.3) is 5.89 Å². The van der Waals surface area contributed by atoms with Crippen molar-refractivity contribution in [2.24, 2.45) is 0 Å². The molecule has 3 aromatic rings. The summed E-state index contributed by atoms with van der Waals surface area (Å²) in [6.07, 6.45) is 0. The molecular weight excluding hydrogens is 280 g/mol. The van der Waals surface area contributed by atoms with Crippen LogP contribution in [-0.2, 0) is 6.61 Å². The summed E-state index contributed by atoms with van der Waals surface area (Å²) in [7, 11) is 0. The van der Waals surface area contributed by atoms with Gasteiger partial charge in [0.15, 0.2) is 12.4 Å². The van der Waals surface area contributed by atoms with Gasteiger partial charge in [-0.1, -0.05) is 23.4 Å². The fourth-order valence-electron chi connectivity index (χ4n) is 1.94. The van der Waals surface area contributed by atoms with Gasteiger partial charge in [0.1, 0.15) is 5.75 Å². The Morgan fingerprint density at radius 3 is 2.50 bits per heavy atom. The number of hydrogen-bond donors (Lipinski definition) is 0. The lowest BCUT2D eigenvalue weighted by Crippen LogP contribution is -1.98. The lowest BCUT2D eigenvalue weighted by molar-refractivity contribution is 0.101. The Hall–Kier alpha value is -2.95. The fourth-order valence-corrected chi connectivity index (χ4v) is 1.94. The van der Waals surface area contributed by atoms with Gasteiger partial charge >= 0.3 is 0 Å². The number of carbonyl (C=O) groups is 1. The molecule has 110 valence electrons. The van der Waals surface area contributed by atoms with Crippen LogP contribution in [-0.4, -0.2) is 15.9 Å². The van der Waals surface area contributed by atoms with E-state index in [1.165, 1.54) is 6.92 Å². The molecule has 0 N–H and O–H groups in total. The summed E-state index contributed by atoms with van der Waals surface area (Å²) >= 11 is 0. The third-order valence-corrected chi connectivity index (χ3v) is 3.12. The van der Waals surface area contributed by atoms with E-state index in [0.717, 1.165) is 5.56 Å². The van der Waals surface area contributed by atoms with Gasteiger partial charge in [0.2, 0.25) is 5.82 Å². The Bertz CT molecular complexity index is 764. The predicted molar refractivity (Wildman–Crippen MR) is 80.5 cm³/mol. The molecule has 0 saturated heterocycles. The molecular formula is C17H14N2O3. The molecule has 0 spiro atoms. The van der Waals surface area contributed by atoms with E-state index in [4.69, 9.17) is 9.26 Å². The Morgan fingerprint density at radius 2 is 1.82 bits per heavy atom. The van der Waals surface area contributed by atoms with Gasteiger partial charge in [-0.25, -0.2) is 0 Å². The van der Waals surface area contributed by atoms with E-state index in [1.807, 2.05) is 30.3 Å². The SMILES string of the molecule is CC(=O)c1ccc(OCc2noc(-c3ccccc3)n2)cc1. The first kappa shape index (κ1) is 14.0. The number of hydrogen-bond acceptors (Lipinski definition) is 5. The molecule has 0 aliphatic heterocycles. The van der Waals surface area contributed by atoms with Gasteiger partial charge in [-0.2, -0.15) is 4.98 Å². The van der Waals surface area contributed by atoms with Crippen LogP contribution in [0.25, 0.3) is 11.5 Å². The standard InChI is InChI=1S/C17H14N2O3/c1-12(20)13-7-9-15(10-8-13)21-11-16-18-17(22-19-16)14-5-3-2-4-6-14/h2-10H,11H2,1H3. The average molecular weight is 294 g/mol. The first-order valence-electron chi connectivity index (χ1n) is 6.84. The fraction of sp³-hybridized carbons (Fsp3) is 0.118. The number of ether oxygens (including phenoxy) is 1. The molecule has 0 bridgehead atoms. The molecule has 3 rings (SSSR count). The molecule has 2 aromatic carbocycles. The number of aromatic nitrogens is 2. The van der Waals surface area contributed by atoms with E-state index >= 15 is 0 Å². The highest BCUT2D eigenvalue weighted by molar-refractivity contribution is 5.94. The summed E-state index contributed by atoms with van der Waals surface area (Å²) in [6.45, 7) is 1.73. The highest BCUT2D eigenvalue weighted by Crippen LogP contribution is 2.17. The molecule has 0 aliphatic rings. The largest absolute Gasteiger partial charge is 0.485 e. The van der Waals surface area contributed by atoms with Gasteiger partial charge in [-0.05, 0) is 43.3 Å². The number of ketones is 1. The Balaban J connectivity index is 1.65.